The molecule has 1 heterocycles. The Labute approximate surface area is 150 Å². The van der Waals surface area contributed by atoms with Gasteiger partial charge in [0.15, 0.2) is 0 Å². The topological polar surface area (TPSA) is 73.5 Å². The molecule has 1 saturated heterocycles. The van der Waals surface area contributed by atoms with E-state index in [2.05, 4.69) is 20.9 Å². The number of anilines is 1. The number of carbonyl (C=O) groups excluding carboxylic acids is 2. The second kappa shape index (κ2) is 10.0. The Bertz CT molecular complexity index is 566. The van der Waals surface area contributed by atoms with Gasteiger partial charge in [-0.3, -0.25) is 4.79 Å². The van der Waals surface area contributed by atoms with E-state index in [-0.39, 0.29) is 18.0 Å². The van der Waals surface area contributed by atoms with Gasteiger partial charge in [0.05, 0.1) is 0 Å². The standard InChI is InChI=1S/C19H30N4O2/c1-15(2)21-19(25)22-17-9-7-8-16(14-17)18(24)20-10-13-23-11-5-3-4-6-12-23/h7-9,14-15H,3-6,10-13H2,1-2H3,(H,20,24)(H2,21,22,25). The lowest BCUT2D eigenvalue weighted by Gasteiger charge is -2.19. The fourth-order valence-corrected chi connectivity index (χ4v) is 2.96. The molecule has 25 heavy (non-hydrogen) atoms. The summed E-state index contributed by atoms with van der Waals surface area (Å²) in [5.74, 6) is -0.109. The van der Waals surface area contributed by atoms with Crippen molar-refractivity contribution in [2.75, 3.05) is 31.5 Å². The third kappa shape index (κ3) is 7.13. The van der Waals surface area contributed by atoms with Crippen LogP contribution in [0, 0.1) is 0 Å². The molecule has 0 radical (unpaired) electrons. The summed E-state index contributed by atoms with van der Waals surface area (Å²) < 4.78 is 0. The summed E-state index contributed by atoms with van der Waals surface area (Å²) in [6, 6.07) is 6.79. The van der Waals surface area contributed by atoms with Crippen LogP contribution in [0.3, 0.4) is 0 Å². The van der Waals surface area contributed by atoms with E-state index in [1.807, 2.05) is 13.8 Å². The number of carbonyl (C=O) groups is 2. The molecule has 0 bridgehead atoms. The summed E-state index contributed by atoms with van der Waals surface area (Å²) in [5.41, 5.74) is 1.16. The number of urea groups is 1. The van der Waals surface area contributed by atoms with Crippen LogP contribution >= 0.6 is 0 Å². The highest BCUT2D eigenvalue weighted by Gasteiger charge is 2.11. The van der Waals surface area contributed by atoms with Crippen LogP contribution in [0.25, 0.3) is 0 Å². The van der Waals surface area contributed by atoms with Crippen LogP contribution in [0.15, 0.2) is 24.3 Å². The zero-order chi connectivity index (χ0) is 18.1. The van der Waals surface area contributed by atoms with Crippen molar-refractivity contribution >= 4 is 17.6 Å². The quantitative estimate of drug-likeness (QED) is 0.741. The molecule has 2 rings (SSSR count). The van der Waals surface area contributed by atoms with Crippen LogP contribution in [0.5, 0.6) is 0 Å². The molecule has 1 aromatic rings. The average molecular weight is 346 g/mol. The minimum absolute atomic E-state index is 0.0606. The zero-order valence-electron chi connectivity index (χ0n) is 15.3. The predicted octanol–water partition coefficient (Wildman–Crippen LogP) is 2.82. The van der Waals surface area contributed by atoms with Gasteiger partial charge < -0.3 is 20.9 Å². The molecule has 0 atom stereocenters. The maximum absolute atomic E-state index is 12.3. The predicted molar refractivity (Wildman–Crippen MR) is 101 cm³/mol. The summed E-state index contributed by atoms with van der Waals surface area (Å²) in [7, 11) is 0. The Morgan fingerprint density at radius 3 is 2.52 bits per heavy atom. The summed E-state index contributed by atoms with van der Waals surface area (Å²) in [6.07, 6.45) is 5.13. The van der Waals surface area contributed by atoms with Crippen LogP contribution in [0.1, 0.15) is 49.9 Å². The molecular weight excluding hydrogens is 316 g/mol. The number of likely N-dealkylation sites (tertiary alicyclic amines) is 1. The van der Waals surface area contributed by atoms with Gasteiger partial charge in [0, 0.05) is 30.4 Å². The number of nitrogens with zero attached hydrogens (tertiary/aromatic N) is 1. The minimum Gasteiger partial charge on any atom is -0.351 e. The van der Waals surface area contributed by atoms with Crippen molar-refractivity contribution in [1.82, 2.24) is 15.5 Å². The summed E-state index contributed by atoms with van der Waals surface area (Å²) in [5, 5.41) is 8.47. The van der Waals surface area contributed by atoms with E-state index in [9.17, 15) is 9.59 Å². The lowest BCUT2D eigenvalue weighted by Crippen LogP contribution is -2.35. The number of amides is 3. The first-order chi connectivity index (χ1) is 12.0. The van der Waals surface area contributed by atoms with E-state index in [0.717, 1.165) is 19.6 Å². The number of hydrogen-bond acceptors (Lipinski definition) is 3. The molecule has 1 aromatic carbocycles. The van der Waals surface area contributed by atoms with Crippen molar-refractivity contribution in [3.8, 4) is 0 Å². The summed E-state index contributed by atoms with van der Waals surface area (Å²) in [4.78, 5) is 26.5. The second-order valence-electron chi connectivity index (χ2n) is 6.85. The molecule has 0 aliphatic carbocycles. The van der Waals surface area contributed by atoms with Crippen molar-refractivity contribution < 1.29 is 9.59 Å². The molecule has 0 aromatic heterocycles. The number of benzene rings is 1. The van der Waals surface area contributed by atoms with Crippen molar-refractivity contribution in [3.05, 3.63) is 29.8 Å². The second-order valence-corrected chi connectivity index (χ2v) is 6.85. The van der Waals surface area contributed by atoms with Gasteiger partial charge in [0.2, 0.25) is 0 Å². The minimum atomic E-state index is -0.270. The Morgan fingerprint density at radius 1 is 1.12 bits per heavy atom. The zero-order valence-corrected chi connectivity index (χ0v) is 15.3. The van der Waals surface area contributed by atoms with Crippen molar-refractivity contribution in [2.24, 2.45) is 0 Å². The number of hydrogen-bond donors (Lipinski definition) is 3. The van der Waals surface area contributed by atoms with Gasteiger partial charge in [-0.05, 0) is 58.0 Å². The molecule has 0 unspecified atom stereocenters. The average Bonchev–Trinajstić information content (AvgIpc) is 2.83. The van der Waals surface area contributed by atoms with Crippen LogP contribution in [0.4, 0.5) is 10.5 Å². The third-order valence-electron chi connectivity index (χ3n) is 4.21. The maximum Gasteiger partial charge on any atom is 0.319 e. The molecule has 3 N–H and O–H groups in total. The molecule has 138 valence electrons. The van der Waals surface area contributed by atoms with Gasteiger partial charge in [0.25, 0.3) is 5.91 Å². The highest BCUT2D eigenvalue weighted by atomic mass is 16.2. The Morgan fingerprint density at radius 2 is 1.84 bits per heavy atom. The van der Waals surface area contributed by atoms with Gasteiger partial charge in [0.1, 0.15) is 0 Å². The van der Waals surface area contributed by atoms with E-state index in [1.165, 1.54) is 25.7 Å². The number of nitrogens with one attached hydrogen (secondary N) is 3. The van der Waals surface area contributed by atoms with Crippen molar-refractivity contribution in [3.63, 3.8) is 0 Å². The normalized spacial score (nSPS) is 15.5. The van der Waals surface area contributed by atoms with E-state index >= 15 is 0 Å². The molecule has 6 nitrogen and oxygen atoms in total. The van der Waals surface area contributed by atoms with Crippen LogP contribution in [0.2, 0.25) is 0 Å². The van der Waals surface area contributed by atoms with E-state index < -0.39 is 0 Å². The Kier molecular flexibility index (Phi) is 7.73. The first kappa shape index (κ1) is 19.2. The smallest absolute Gasteiger partial charge is 0.319 e. The first-order valence-corrected chi connectivity index (χ1v) is 9.23. The van der Waals surface area contributed by atoms with Crippen LogP contribution < -0.4 is 16.0 Å². The number of rotatable bonds is 6. The van der Waals surface area contributed by atoms with E-state index in [0.29, 0.717) is 17.8 Å². The van der Waals surface area contributed by atoms with Crippen LogP contribution in [-0.4, -0.2) is 49.1 Å². The van der Waals surface area contributed by atoms with E-state index in [1.54, 1.807) is 24.3 Å². The molecule has 1 aliphatic heterocycles. The van der Waals surface area contributed by atoms with Gasteiger partial charge in [-0.1, -0.05) is 18.9 Å². The van der Waals surface area contributed by atoms with Gasteiger partial charge in [-0.25, -0.2) is 4.79 Å². The highest BCUT2D eigenvalue weighted by molar-refractivity contribution is 5.96. The first-order valence-electron chi connectivity index (χ1n) is 9.23. The molecule has 6 heteroatoms. The summed E-state index contributed by atoms with van der Waals surface area (Å²) in [6.45, 7) is 7.58. The summed E-state index contributed by atoms with van der Waals surface area (Å²) >= 11 is 0. The van der Waals surface area contributed by atoms with Gasteiger partial charge in [-0.15, -0.1) is 0 Å². The molecule has 0 spiro atoms. The molecule has 3 amide bonds. The Balaban J connectivity index is 1.80. The molecule has 0 saturated carbocycles. The van der Waals surface area contributed by atoms with Gasteiger partial charge in [-0.2, -0.15) is 0 Å². The monoisotopic (exact) mass is 346 g/mol. The van der Waals surface area contributed by atoms with E-state index in [4.69, 9.17) is 0 Å². The molecular formula is C19H30N4O2. The Hall–Kier alpha value is -2.08. The van der Waals surface area contributed by atoms with Crippen LogP contribution in [-0.2, 0) is 0 Å². The SMILES string of the molecule is CC(C)NC(=O)Nc1cccc(C(=O)NCCN2CCCCCC2)c1. The largest absolute Gasteiger partial charge is 0.351 e. The fraction of sp³-hybridized carbons (Fsp3) is 0.579. The van der Waals surface area contributed by atoms with Gasteiger partial charge >= 0.3 is 6.03 Å². The lowest BCUT2D eigenvalue weighted by molar-refractivity contribution is 0.0948. The fourth-order valence-electron chi connectivity index (χ4n) is 2.96. The van der Waals surface area contributed by atoms with Crippen molar-refractivity contribution in [1.29, 1.82) is 0 Å². The van der Waals surface area contributed by atoms with Crippen molar-refractivity contribution in [2.45, 2.75) is 45.6 Å². The molecule has 1 fully saturated rings. The lowest BCUT2D eigenvalue weighted by atomic mass is 10.2. The third-order valence-corrected chi connectivity index (χ3v) is 4.21. The highest BCUT2D eigenvalue weighted by Crippen LogP contribution is 2.11. The molecule has 1 aliphatic rings. The maximum atomic E-state index is 12.3.